The van der Waals surface area contributed by atoms with Gasteiger partial charge in [0.25, 0.3) is 0 Å². The molecule has 1 aromatic carbocycles. The molecule has 0 aliphatic heterocycles. The zero-order valence-electron chi connectivity index (χ0n) is 15.2. The molecule has 0 bridgehead atoms. The van der Waals surface area contributed by atoms with Gasteiger partial charge in [-0.2, -0.15) is 0 Å². The highest BCUT2D eigenvalue weighted by molar-refractivity contribution is 7.85. The molecule has 0 amide bonds. The van der Waals surface area contributed by atoms with Crippen LogP contribution >= 0.6 is 0 Å². The van der Waals surface area contributed by atoms with Crippen LogP contribution in [0.1, 0.15) is 48.3 Å². The molecule has 0 saturated carbocycles. The van der Waals surface area contributed by atoms with Crippen molar-refractivity contribution in [2.75, 3.05) is 0 Å². The van der Waals surface area contributed by atoms with E-state index in [0.717, 1.165) is 24.1 Å². The fourth-order valence-electron chi connectivity index (χ4n) is 2.10. The molecule has 1 heterocycles. The van der Waals surface area contributed by atoms with Crippen LogP contribution in [-0.4, -0.2) is 18.8 Å². The van der Waals surface area contributed by atoms with Crippen LogP contribution in [0, 0.1) is 13.8 Å². The molecule has 6 heteroatoms. The highest BCUT2D eigenvalue weighted by atomic mass is 32.2. The minimum absolute atomic E-state index is 0.134. The summed E-state index contributed by atoms with van der Waals surface area (Å²) in [6, 6.07) is 9.68. The van der Waals surface area contributed by atoms with Crippen molar-refractivity contribution >= 4 is 15.9 Å². The maximum Gasteiger partial charge on any atom is 0.179 e. The number of carbonyl (C=O) groups is 1. The first-order valence-electron chi connectivity index (χ1n) is 8.18. The molecule has 25 heavy (non-hydrogen) atoms. The number of aryl methyl sites for hydroxylation is 3. The van der Waals surface area contributed by atoms with Crippen LogP contribution in [0.5, 0.6) is 0 Å². The average Bonchev–Trinajstić information content (AvgIpc) is 2.54. The molecule has 0 atom stereocenters. The SMILES string of the molecule is CCCC[n+]1cc(C(C)=O)ccc1C.Cc1ccc(S(=O)(=O)[O-])cc1. The van der Waals surface area contributed by atoms with E-state index in [1.807, 2.05) is 25.3 Å². The number of carbonyl (C=O) groups excluding carboxylic acids is 1. The summed E-state index contributed by atoms with van der Waals surface area (Å²) < 4.78 is 33.3. The van der Waals surface area contributed by atoms with Gasteiger partial charge in [0.05, 0.1) is 10.5 Å². The van der Waals surface area contributed by atoms with Gasteiger partial charge in [-0.1, -0.05) is 31.0 Å². The zero-order chi connectivity index (χ0) is 19.0. The van der Waals surface area contributed by atoms with Crippen LogP contribution in [0.3, 0.4) is 0 Å². The molecular formula is C19H25NO4S. The quantitative estimate of drug-likeness (QED) is 0.464. The Bertz CT molecular complexity index is 812. The minimum Gasteiger partial charge on any atom is -0.744 e. The Morgan fingerprint density at radius 1 is 1.08 bits per heavy atom. The van der Waals surface area contributed by atoms with Gasteiger partial charge >= 0.3 is 0 Å². The van der Waals surface area contributed by atoms with Gasteiger partial charge < -0.3 is 4.55 Å². The molecule has 0 fully saturated rings. The number of benzene rings is 1. The maximum absolute atomic E-state index is 11.2. The average molecular weight is 363 g/mol. The number of Topliss-reactive ketones (excluding diaryl/α,β-unsaturated/α-hetero) is 1. The first-order chi connectivity index (χ1) is 11.6. The second kappa shape index (κ2) is 9.44. The summed E-state index contributed by atoms with van der Waals surface area (Å²) in [6.07, 6.45) is 4.29. The van der Waals surface area contributed by atoms with Crippen molar-refractivity contribution in [3.05, 3.63) is 59.4 Å². The Kier molecular flexibility index (Phi) is 7.93. The predicted molar refractivity (Wildman–Crippen MR) is 95.4 cm³/mol. The number of nitrogens with zero attached hydrogens (tertiary/aromatic N) is 1. The van der Waals surface area contributed by atoms with Gasteiger partial charge in [-0.25, -0.2) is 13.0 Å². The Hall–Kier alpha value is -2.05. The molecule has 2 rings (SSSR count). The van der Waals surface area contributed by atoms with E-state index in [4.69, 9.17) is 0 Å². The van der Waals surface area contributed by atoms with E-state index >= 15 is 0 Å². The van der Waals surface area contributed by atoms with Crippen LogP contribution in [-0.2, 0) is 16.7 Å². The Labute approximate surface area is 150 Å². The van der Waals surface area contributed by atoms with E-state index in [9.17, 15) is 17.8 Å². The number of ketones is 1. The highest BCUT2D eigenvalue weighted by Crippen LogP contribution is 2.08. The smallest absolute Gasteiger partial charge is 0.179 e. The summed E-state index contributed by atoms with van der Waals surface area (Å²) in [7, 11) is -4.27. The predicted octanol–water partition coefficient (Wildman–Crippen LogP) is 3.18. The van der Waals surface area contributed by atoms with Crippen LogP contribution in [0.25, 0.3) is 0 Å². The van der Waals surface area contributed by atoms with Crippen molar-refractivity contribution in [3.63, 3.8) is 0 Å². The monoisotopic (exact) mass is 363 g/mol. The topological polar surface area (TPSA) is 78.1 Å². The van der Waals surface area contributed by atoms with Gasteiger partial charge in [0.15, 0.2) is 17.7 Å². The summed E-state index contributed by atoms with van der Waals surface area (Å²) in [5, 5.41) is 0. The number of hydrogen-bond donors (Lipinski definition) is 0. The molecule has 0 unspecified atom stereocenters. The standard InChI is InChI=1S/C12H18NO.C7H8O3S/c1-4-5-8-13-9-12(11(3)14)7-6-10(13)2;1-6-2-4-7(5-3-6)11(8,9)10/h6-7,9H,4-5,8H2,1-3H3;2-5H,1H3,(H,8,9,10)/q+1;/p-1. The largest absolute Gasteiger partial charge is 0.744 e. The van der Waals surface area contributed by atoms with Crippen LogP contribution in [0.15, 0.2) is 47.5 Å². The number of aromatic nitrogens is 1. The molecule has 0 saturated heterocycles. The third kappa shape index (κ3) is 7.15. The Balaban J connectivity index is 0.000000257. The Morgan fingerprint density at radius 3 is 2.16 bits per heavy atom. The lowest BCUT2D eigenvalue weighted by Gasteiger charge is -2.05. The van der Waals surface area contributed by atoms with Gasteiger partial charge in [-0.15, -0.1) is 0 Å². The summed E-state index contributed by atoms with van der Waals surface area (Å²) in [5.41, 5.74) is 2.94. The first kappa shape index (κ1) is 21.0. The molecule has 1 aromatic heterocycles. The molecule has 0 spiro atoms. The number of hydrogen-bond acceptors (Lipinski definition) is 4. The molecule has 5 nitrogen and oxygen atoms in total. The Morgan fingerprint density at radius 2 is 1.68 bits per heavy atom. The lowest BCUT2D eigenvalue weighted by atomic mass is 10.2. The van der Waals surface area contributed by atoms with Crippen LogP contribution < -0.4 is 4.57 Å². The van der Waals surface area contributed by atoms with E-state index in [0.29, 0.717) is 0 Å². The van der Waals surface area contributed by atoms with Gasteiger partial charge in [0.2, 0.25) is 0 Å². The van der Waals surface area contributed by atoms with Crippen molar-refractivity contribution in [2.24, 2.45) is 0 Å². The van der Waals surface area contributed by atoms with Gasteiger partial charge in [0.1, 0.15) is 16.7 Å². The molecule has 2 aromatic rings. The van der Waals surface area contributed by atoms with Gasteiger partial charge in [0, 0.05) is 19.4 Å². The van der Waals surface area contributed by atoms with E-state index < -0.39 is 10.1 Å². The van der Waals surface area contributed by atoms with Crippen molar-refractivity contribution in [3.8, 4) is 0 Å². The van der Waals surface area contributed by atoms with Gasteiger partial charge in [-0.05, 0) is 32.0 Å². The second-order valence-corrected chi connectivity index (χ2v) is 7.31. The maximum atomic E-state index is 11.2. The van der Waals surface area contributed by atoms with E-state index in [1.165, 1.54) is 24.2 Å². The molecule has 0 N–H and O–H groups in total. The van der Waals surface area contributed by atoms with Gasteiger partial charge in [-0.3, -0.25) is 4.79 Å². The van der Waals surface area contributed by atoms with Crippen molar-refractivity contribution in [1.29, 1.82) is 0 Å². The normalized spacial score (nSPS) is 10.8. The molecule has 136 valence electrons. The lowest BCUT2D eigenvalue weighted by molar-refractivity contribution is -0.703. The fraction of sp³-hybridized carbons (Fsp3) is 0.368. The molecule has 0 aliphatic rings. The van der Waals surface area contributed by atoms with Crippen molar-refractivity contribution in [2.45, 2.75) is 52.0 Å². The molecule has 0 radical (unpaired) electrons. The second-order valence-electron chi connectivity index (χ2n) is 5.93. The third-order valence-electron chi connectivity index (χ3n) is 3.72. The van der Waals surface area contributed by atoms with E-state index in [2.05, 4.69) is 18.4 Å². The fourth-order valence-corrected chi connectivity index (χ4v) is 2.57. The highest BCUT2D eigenvalue weighted by Gasteiger charge is 2.09. The molecule has 0 aliphatic carbocycles. The summed E-state index contributed by atoms with van der Waals surface area (Å²) in [5.74, 6) is 0.134. The summed E-state index contributed by atoms with van der Waals surface area (Å²) in [4.78, 5) is 11.0. The van der Waals surface area contributed by atoms with Crippen LogP contribution in [0.2, 0.25) is 0 Å². The number of unbranched alkanes of at least 4 members (excludes halogenated alkanes) is 1. The molecular weight excluding hydrogens is 338 g/mol. The number of rotatable bonds is 5. The summed E-state index contributed by atoms with van der Waals surface area (Å²) >= 11 is 0. The number of pyridine rings is 1. The van der Waals surface area contributed by atoms with Crippen molar-refractivity contribution < 1.29 is 22.3 Å². The zero-order valence-corrected chi connectivity index (χ0v) is 16.0. The third-order valence-corrected chi connectivity index (χ3v) is 4.57. The first-order valence-corrected chi connectivity index (χ1v) is 9.59. The lowest BCUT2D eigenvalue weighted by Crippen LogP contribution is -2.37. The van der Waals surface area contributed by atoms with E-state index in [1.54, 1.807) is 19.1 Å². The van der Waals surface area contributed by atoms with Crippen LogP contribution in [0.4, 0.5) is 0 Å². The van der Waals surface area contributed by atoms with Crippen molar-refractivity contribution in [1.82, 2.24) is 0 Å². The van der Waals surface area contributed by atoms with E-state index in [-0.39, 0.29) is 10.7 Å². The minimum atomic E-state index is -4.27. The summed E-state index contributed by atoms with van der Waals surface area (Å²) in [6.45, 7) is 8.67.